The van der Waals surface area contributed by atoms with Crippen molar-refractivity contribution in [1.82, 2.24) is 14.5 Å². The summed E-state index contributed by atoms with van der Waals surface area (Å²) in [6, 6.07) is 7.95. The lowest BCUT2D eigenvalue weighted by Crippen LogP contribution is -2.14. The van der Waals surface area contributed by atoms with Crippen molar-refractivity contribution in [2.45, 2.75) is 0 Å². The number of fused-ring (bicyclic) bond motifs is 1. The lowest BCUT2D eigenvalue weighted by molar-refractivity contribution is 0.637. The molecule has 0 unspecified atom stereocenters. The number of hydrogen-bond acceptors (Lipinski definition) is 2. The van der Waals surface area contributed by atoms with Gasteiger partial charge in [-0.1, -0.05) is 6.07 Å². The molecule has 1 aromatic carbocycles. The first-order valence-electron chi connectivity index (χ1n) is 5.46. The second kappa shape index (κ2) is 3.80. The summed E-state index contributed by atoms with van der Waals surface area (Å²) in [5, 5.41) is 0. The SMILES string of the molecule is Cn1ccc(-c2nc3c(F)cccc3[nH]2)cc1=O. The summed E-state index contributed by atoms with van der Waals surface area (Å²) in [6.45, 7) is 0. The molecule has 0 saturated carbocycles. The Bertz CT molecular complexity index is 788. The lowest BCUT2D eigenvalue weighted by Gasteiger charge is -1.98. The molecule has 0 aliphatic carbocycles. The molecule has 0 spiro atoms. The minimum Gasteiger partial charge on any atom is -0.338 e. The minimum absolute atomic E-state index is 0.131. The molecular weight excluding hydrogens is 233 g/mol. The molecule has 0 amide bonds. The van der Waals surface area contributed by atoms with Gasteiger partial charge in [0.05, 0.1) is 5.52 Å². The first kappa shape index (κ1) is 10.7. The van der Waals surface area contributed by atoms with Gasteiger partial charge >= 0.3 is 0 Å². The molecule has 0 saturated heterocycles. The number of pyridine rings is 1. The van der Waals surface area contributed by atoms with Gasteiger partial charge in [-0.3, -0.25) is 4.79 Å². The summed E-state index contributed by atoms with van der Waals surface area (Å²) in [6.07, 6.45) is 1.65. The highest BCUT2D eigenvalue weighted by Gasteiger charge is 2.09. The number of aromatic nitrogens is 3. The third kappa shape index (κ3) is 1.60. The van der Waals surface area contributed by atoms with Gasteiger partial charge in [-0.05, 0) is 18.2 Å². The molecule has 0 radical (unpaired) electrons. The van der Waals surface area contributed by atoms with Crippen LogP contribution in [-0.4, -0.2) is 14.5 Å². The average Bonchev–Trinajstić information content (AvgIpc) is 2.78. The van der Waals surface area contributed by atoms with E-state index in [-0.39, 0.29) is 16.9 Å². The molecule has 2 aromatic heterocycles. The molecule has 2 heterocycles. The number of hydrogen-bond donors (Lipinski definition) is 1. The number of H-pyrrole nitrogens is 1. The van der Waals surface area contributed by atoms with Gasteiger partial charge < -0.3 is 9.55 Å². The van der Waals surface area contributed by atoms with Crippen LogP contribution in [-0.2, 0) is 7.05 Å². The van der Waals surface area contributed by atoms with Crippen molar-refractivity contribution < 1.29 is 4.39 Å². The Labute approximate surface area is 102 Å². The van der Waals surface area contributed by atoms with Crippen molar-refractivity contribution in [2.24, 2.45) is 7.05 Å². The zero-order valence-electron chi connectivity index (χ0n) is 9.64. The largest absolute Gasteiger partial charge is 0.338 e. The topological polar surface area (TPSA) is 50.7 Å². The number of para-hydroxylation sites is 1. The summed E-state index contributed by atoms with van der Waals surface area (Å²) in [4.78, 5) is 18.7. The third-order valence-corrected chi connectivity index (χ3v) is 2.84. The van der Waals surface area contributed by atoms with Crippen molar-refractivity contribution in [2.75, 3.05) is 0 Å². The van der Waals surface area contributed by atoms with Crippen LogP contribution in [0.2, 0.25) is 0 Å². The third-order valence-electron chi connectivity index (χ3n) is 2.84. The van der Waals surface area contributed by atoms with Crippen molar-refractivity contribution in [3.05, 3.63) is 52.7 Å². The molecule has 90 valence electrons. The number of aryl methyl sites for hydroxylation is 1. The summed E-state index contributed by atoms with van der Waals surface area (Å²) < 4.78 is 15.0. The summed E-state index contributed by atoms with van der Waals surface area (Å²) >= 11 is 0. The number of nitrogens with one attached hydrogen (secondary N) is 1. The van der Waals surface area contributed by atoms with Gasteiger partial charge in [-0.25, -0.2) is 9.37 Å². The fourth-order valence-electron chi connectivity index (χ4n) is 1.83. The van der Waals surface area contributed by atoms with Gasteiger partial charge in [-0.15, -0.1) is 0 Å². The fourth-order valence-corrected chi connectivity index (χ4v) is 1.83. The maximum Gasteiger partial charge on any atom is 0.250 e. The molecule has 0 fully saturated rings. The Morgan fingerprint density at radius 1 is 1.33 bits per heavy atom. The number of benzene rings is 1. The minimum atomic E-state index is -0.376. The van der Waals surface area contributed by atoms with Crippen LogP contribution >= 0.6 is 0 Å². The second-order valence-electron chi connectivity index (χ2n) is 4.09. The van der Waals surface area contributed by atoms with Crippen LogP contribution in [0.25, 0.3) is 22.4 Å². The molecule has 1 N–H and O–H groups in total. The van der Waals surface area contributed by atoms with E-state index in [1.165, 1.54) is 16.7 Å². The quantitative estimate of drug-likeness (QED) is 0.711. The van der Waals surface area contributed by atoms with Gasteiger partial charge in [-0.2, -0.15) is 0 Å². The first-order chi connectivity index (χ1) is 8.65. The number of halogens is 1. The van der Waals surface area contributed by atoms with Crippen molar-refractivity contribution >= 4 is 11.0 Å². The van der Waals surface area contributed by atoms with E-state index < -0.39 is 0 Å². The zero-order chi connectivity index (χ0) is 12.7. The van der Waals surface area contributed by atoms with E-state index >= 15 is 0 Å². The van der Waals surface area contributed by atoms with Crippen LogP contribution in [0.1, 0.15) is 0 Å². The molecule has 0 aliphatic heterocycles. The van der Waals surface area contributed by atoms with E-state index in [0.717, 1.165) is 0 Å². The van der Waals surface area contributed by atoms with Gasteiger partial charge in [0.1, 0.15) is 11.3 Å². The number of imidazole rings is 1. The van der Waals surface area contributed by atoms with Gasteiger partial charge in [0.2, 0.25) is 0 Å². The highest BCUT2D eigenvalue weighted by atomic mass is 19.1. The highest BCUT2D eigenvalue weighted by molar-refractivity contribution is 5.79. The molecule has 3 aromatic rings. The predicted molar refractivity (Wildman–Crippen MR) is 66.7 cm³/mol. The van der Waals surface area contributed by atoms with E-state index in [1.807, 2.05) is 0 Å². The highest BCUT2D eigenvalue weighted by Crippen LogP contribution is 2.20. The monoisotopic (exact) mass is 243 g/mol. The van der Waals surface area contributed by atoms with Gasteiger partial charge in [0, 0.05) is 24.9 Å². The molecule has 0 bridgehead atoms. The van der Waals surface area contributed by atoms with E-state index in [9.17, 15) is 9.18 Å². The smallest absolute Gasteiger partial charge is 0.250 e. The van der Waals surface area contributed by atoms with Crippen LogP contribution in [0.5, 0.6) is 0 Å². The molecule has 18 heavy (non-hydrogen) atoms. The number of rotatable bonds is 1. The summed E-state index contributed by atoms with van der Waals surface area (Å²) in [7, 11) is 1.67. The predicted octanol–water partition coefficient (Wildman–Crippen LogP) is 2.07. The summed E-state index contributed by atoms with van der Waals surface area (Å²) in [5.41, 5.74) is 1.42. The summed E-state index contributed by atoms with van der Waals surface area (Å²) in [5.74, 6) is 0.117. The fraction of sp³-hybridized carbons (Fsp3) is 0.0769. The Morgan fingerprint density at radius 2 is 2.17 bits per heavy atom. The lowest BCUT2D eigenvalue weighted by atomic mass is 10.2. The van der Waals surface area contributed by atoms with Crippen LogP contribution in [0.4, 0.5) is 4.39 Å². The Balaban J connectivity index is 2.22. The molecule has 4 nitrogen and oxygen atoms in total. The van der Waals surface area contributed by atoms with Crippen molar-refractivity contribution in [1.29, 1.82) is 0 Å². The van der Waals surface area contributed by atoms with E-state index in [1.54, 1.807) is 31.4 Å². The molecular formula is C13H10FN3O. The second-order valence-corrected chi connectivity index (χ2v) is 4.09. The zero-order valence-corrected chi connectivity index (χ0v) is 9.64. The maximum atomic E-state index is 13.5. The maximum absolute atomic E-state index is 13.5. The van der Waals surface area contributed by atoms with Crippen LogP contribution in [0, 0.1) is 5.82 Å². The Hall–Kier alpha value is -2.43. The van der Waals surface area contributed by atoms with E-state index in [0.29, 0.717) is 16.9 Å². The van der Waals surface area contributed by atoms with Gasteiger partial charge in [0.25, 0.3) is 5.56 Å². The van der Waals surface area contributed by atoms with Crippen LogP contribution < -0.4 is 5.56 Å². The van der Waals surface area contributed by atoms with E-state index in [4.69, 9.17) is 0 Å². The van der Waals surface area contributed by atoms with Crippen LogP contribution in [0.3, 0.4) is 0 Å². The molecule has 3 rings (SSSR count). The Morgan fingerprint density at radius 3 is 2.89 bits per heavy atom. The molecule has 5 heteroatoms. The number of aromatic amines is 1. The van der Waals surface area contributed by atoms with Crippen molar-refractivity contribution in [3.63, 3.8) is 0 Å². The normalized spacial score (nSPS) is 11.0. The molecule has 0 atom stereocenters. The number of nitrogens with zero attached hydrogens (tertiary/aromatic N) is 2. The first-order valence-corrected chi connectivity index (χ1v) is 5.46. The Kier molecular flexibility index (Phi) is 2.26. The molecule has 0 aliphatic rings. The van der Waals surface area contributed by atoms with Crippen LogP contribution in [0.15, 0.2) is 41.3 Å². The van der Waals surface area contributed by atoms with Gasteiger partial charge in [0.15, 0.2) is 5.82 Å². The average molecular weight is 243 g/mol. The van der Waals surface area contributed by atoms with Crippen molar-refractivity contribution in [3.8, 4) is 11.4 Å². The standard InChI is InChI=1S/C13H10FN3O/c1-17-6-5-8(7-11(17)18)13-15-10-4-2-3-9(14)12(10)16-13/h2-7H,1H3,(H,15,16). The van der Waals surface area contributed by atoms with E-state index in [2.05, 4.69) is 9.97 Å².